The first-order chi connectivity index (χ1) is 8.13. The van der Waals surface area contributed by atoms with Gasteiger partial charge in [-0.15, -0.1) is 18.2 Å². The SMILES string of the molecule is C#CCSCCNc1cc(Br)cc(C(=O)O)c1. The Morgan fingerprint density at radius 1 is 1.53 bits per heavy atom. The monoisotopic (exact) mass is 313 g/mol. The summed E-state index contributed by atoms with van der Waals surface area (Å²) in [6.07, 6.45) is 5.13. The average Bonchev–Trinajstić information content (AvgIpc) is 2.28. The lowest BCUT2D eigenvalue weighted by atomic mass is 10.2. The Hall–Kier alpha value is -1.12. The Morgan fingerprint density at radius 3 is 2.94 bits per heavy atom. The van der Waals surface area contributed by atoms with Crippen molar-refractivity contribution in [3.05, 3.63) is 28.2 Å². The van der Waals surface area contributed by atoms with Gasteiger partial charge in [0.2, 0.25) is 0 Å². The van der Waals surface area contributed by atoms with Crippen LogP contribution in [-0.2, 0) is 0 Å². The average molecular weight is 314 g/mol. The minimum Gasteiger partial charge on any atom is -0.478 e. The van der Waals surface area contributed by atoms with Crippen LogP contribution in [0.15, 0.2) is 22.7 Å². The zero-order chi connectivity index (χ0) is 12.7. The molecule has 1 aromatic carbocycles. The van der Waals surface area contributed by atoms with Crippen LogP contribution in [0.25, 0.3) is 0 Å². The highest BCUT2D eigenvalue weighted by Crippen LogP contribution is 2.19. The summed E-state index contributed by atoms with van der Waals surface area (Å²) in [5, 5.41) is 12.1. The molecule has 90 valence electrons. The van der Waals surface area contributed by atoms with Gasteiger partial charge in [0.25, 0.3) is 0 Å². The summed E-state index contributed by atoms with van der Waals surface area (Å²) in [4.78, 5) is 10.8. The summed E-state index contributed by atoms with van der Waals surface area (Å²) in [6.45, 7) is 0.752. The number of carboxylic acids is 1. The summed E-state index contributed by atoms with van der Waals surface area (Å²) in [5.41, 5.74) is 1.05. The van der Waals surface area contributed by atoms with Crippen LogP contribution in [0.1, 0.15) is 10.4 Å². The number of carbonyl (C=O) groups is 1. The maximum absolute atomic E-state index is 10.8. The predicted molar refractivity (Wildman–Crippen MR) is 75.7 cm³/mol. The van der Waals surface area contributed by atoms with Crippen molar-refractivity contribution < 1.29 is 9.90 Å². The predicted octanol–water partition coefficient (Wildman–Crippen LogP) is 2.93. The first kappa shape index (κ1) is 13.9. The zero-order valence-electron chi connectivity index (χ0n) is 9.07. The van der Waals surface area contributed by atoms with Gasteiger partial charge in [-0.2, -0.15) is 0 Å². The van der Waals surface area contributed by atoms with Gasteiger partial charge in [-0.1, -0.05) is 21.9 Å². The molecule has 17 heavy (non-hydrogen) atoms. The Balaban J connectivity index is 2.53. The van der Waals surface area contributed by atoms with Gasteiger partial charge in [0.15, 0.2) is 0 Å². The van der Waals surface area contributed by atoms with Gasteiger partial charge in [0.05, 0.1) is 11.3 Å². The largest absolute Gasteiger partial charge is 0.478 e. The van der Waals surface area contributed by atoms with E-state index >= 15 is 0 Å². The molecule has 0 aliphatic carbocycles. The molecule has 0 atom stereocenters. The van der Waals surface area contributed by atoms with Gasteiger partial charge in [-0.3, -0.25) is 0 Å². The molecule has 0 fully saturated rings. The van der Waals surface area contributed by atoms with Crippen LogP contribution < -0.4 is 5.32 Å². The van der Waals surface area contributed by atoms with Gasteiger partial charge in [0.1, 0.15) is 0 Å². The molecule has 0 aromatic heterocycles. The minimum atomic E-state index is -0.934. The van der Waals surface area contributed by atoms with E-state index in [4.69, 9.17) is 11.5 Å². The topological polar surface area (TPSA) is 49.3 Å². The molecule has 3 nitrogen and oxygen atoms in total. The number of hydrogen-bond acceptors (Lipinski definition) is 3. The van der Waals surface area contributed by atoms with Crippen molar-refractivity contribution in [2.24, 2.45) is 0 Å². The number of anilines is 1. The molecule has 0 amide bonds. The number of carboxylic acid groups (broad SMARTS) is 1. The second-order valence-electron chi connectivity index (χ2n) is 3.22. The van der Waals surface area contributed by atoms with Gasteiger partial charge >= 0.3 is 5.97 Å². The second-order valence-corrected chi connectivity index (χ2v) is 5.24. The van der Waals surface area contributed by atoms with Crippen LogP contribution in [-0.4, -0.2) is 29.1 Å². The molecule has 0 aliphatic heterocycles. The lowest BCUT2D eigenvalue weighted by Crippen LogP contribution is -2.06. The Morgan fingerprint density at radius 2 is 2.29 bits per heavy atom. The summed E-state index contributed by atoms with van der Waals surface area (Å²) in [7, 11) is 0. The fourth-order valence-corrected chi connectivity index (χ4v) is 2.22. The Kier molecular flexibility index (Phi) is 5.95. The highest BCUT2D eigenvalue weighted by atomic mass is 79.9. The number of nitrogens with one attached hydrogen (secondary N) is 1. The smallest absolute Gasteiger partial charge is 0.335 e. The van der Waals surface area contributed by atoms with Crippen LogP contribution in [0.4, 0.5) is 5.69 Å². The second kappa shape index (κ2) is 7.25. The number of halogens is 1. The Bertz CT molecular complexity index is 443. The number of hydrogen-bond donors (Lipinski definition) is 2. The molecule has 0 spiro atoms. The maximum Gasteiger partial charge on any atom is 0.335 e. The fourth-order valence-electron chi connectivity index (χ4n) is 1.21. The van der Waals surface area contributed by atoms with E-state index in [1.54, 1.807) is 23.9 Å². The standard InChI is InChI=1S/C12H12BrNO2S/c1-2-4-17-5-3-14-11-7-9(12(15)16)6-10(13)8-11/h1,6-8,14H,3-5H2,(H,15,16). The number of terminal acetylenes is 1. The van der Waals surface area contributed by atoms with Gasteiger partial charge < -0.3 is 10.4 Å². The molecule has 0 heterocycles. The summed E-state index contributed by atoms with van der Waals surface area (Å²) in [5.74, 6) is 3.20. The third-order valence-electron chi connectivity index (χ3n) is 1.91. The molecule has 0 aliphatic rings. The summed E-state index contributed by atoms with van der Waals surface area (Å²) in [6, 6.07) is 5.03. The number of benzene rings is 1. The van der Waals surface area contributed by atoms with E-state index in [0.29, 0.717) is 5.75 Å². The highest BCUT2D eigenvalue weighted by molar-refractivity contribution is 9.10. The third kappa shape index (κ3) is 5.16. The van der Waals surface area contributed by atoms with E-state index in [1.165, 1.54) is 0 Å². The van der Waals surface area contributed by atoms with E-state index < -0.39 is 5.97 Å². The molecule has 1 aromatic rings. The van der Waals surface area contributed by atoms with E-state index in [1.807, 2.05) is 6.07 Å². The molecule has 1 rings (SSSR count). The summed E-state index contributed by atoms with van der Waals surface area (Å²) < 4.78 is 0.746. The molecule has 0 saturated heterocycles. The van der Waals surface area contributed by atoms with Crippen molar-refractivity contribution in [3.63, 3.8) is 0 Å². The van der Waals surface area contributed by atoms with Crippen molar-refractivity contribution >= 4 is 39.3 Å². The third-order valence-corrected chi connectivity index (χ3v) is 3.23. The first-order valence-corrected chi connectivity index (χ1v) is 6.87. The van der Waals surface area contributed by atoms with Crippen LogP contribution in [0, 0.1) is 12.3 Å². The molecule has 5 heteroatoms. The summed E-state index contributed by atoms with van der Waals surface area (Å²) >= 11 is 4.94. The lowest BCUT2D eigenvalue weighted by Gasteiger charge is -2.07. The highest BCUT2D eigenvalue weighted by Gasteiger charge is 2.05. The number of aromatic carboxylic acids is 1. The van der Waals surface area contributed by atoms with Gasteiger partial charge in [-0.25, -0.2) is 4.79 Å². The molecule has 0 saturated carbocycles. The van der Waals surface area contributed by atoms with E-state index in [2.05, 4.69) is 27.2 Å². The van der Waals surface area contributed by atoms with Crippen LogP contribution in [0.3, 0.4) is 0 Å². The fraction of sp³-hybridized carbons (Fsp3) is 0.250. The van der Waals surface area contributed by atoms with Crippen molar-refractivity contribution in [2.75, 3.05) is 23.4 Å². The minimum absolute atomic E-state index is 0.262. The van der Waals surface area contributed by atoms with Crippen molar-refractivity contribution in [1.29, 1.82) is 0 Å². The van der Waals surface area contributed by atoms with Crippen LogP contribution in [0.5, 0.6) is 0 Å². The number of rotatable bonds is 6. The molecule has 0 radical (unpaired) electrons. The van der Waals surface area contributed by atoms with Crippen LogP contribution >= 0.6 is 27.7 Å². The quantitative estimate of drug-likeness (QED) is 0.626. The van der Waals surface area contributed by atoms with Gasteiger partial charge in [0, 0.05) is 22.5 Å². The Labute approximate surface area is 113 Å². The molecule has 0 bridgehead atoms. The molecular weight excluding hydrogens is 302 g/mol. The van der Waals surface area contributed by atoms with Crippen LogP contribution in [0.2, 0.25) is 0 Å². The van der Waals surface area contributed by atoms with E-state index in [-0.39, 0.29) is 5.56 Å². The van der Waals surface area contributed by atoms with E-state index in [9.17, 15) is 4.79 Å². The molecule has 0 unspecified atom stereocenters. The number of thioether (sulfide) groups is 1. The maximum atomic E-state index is 10.8. The van der Waals surface area contributed by atoms with E-state index in [0.717, 1.165) is 22.5 Å². The normalized spacial score (nSPS) is 9.65. The van der Waals surface area contributed by atoms with Gasteiger partial charge in [-0.05, 0) is 18.2 Å². The van der Waals surface area contributed by atoms with Crippen molar-refractivity contribution in [1.82, 2.24) is 0 Å². The van der Waals surface area contributed by atoms with Crippen molar-refractivity contribution in [2.45, 2.75) is 0 Å². The zero-order valence-corrected chi connectivity index (χ0v) is 11.5. The molecule has 2 N–H and O–H groups in total. The van der Waals surface area contributed by atoms with Crippen molar-refractivity contribution in [3.8, 4) is 12.3 Å². The first-order valence-electron chi connectivity index (χ1n) is 4.92. The lowest BCUT2D eigenvalue weighted by molar-refractivity contribution is 0.0697. The molecular formula is C12H12BrNO2S.